The van der Waals surface area contributed by atoms with Crippen LogP contribution in [0.25, 0.3) is 0 Å². The van der Waals surface area contributed by atoms with Crippen molar-refractivity contribution in [3.63, 3.8) is 0 Å². The number of nitrogens with one attached hydrogen (secondary N) is 1. The maximum absolute atomic E-state index is 12.7. The monoisotopic (exact) mass is 380 g/mol. The van der Waals surface area contributed by atoms with Gasteiger partial charge in [-0.25, -0.2) is 0 Å². The third-order valence-corrected chi connectivity index (χ3v) is 4.35. The van der Waals surface area contributed by atoms with Crippen LogP contribution in [0.15, 0.2) is 10.2 Å². The number of imide groups is 1. The molecule has 0 saturated carbocycles. The summed E-state index contributed by atoms with van der Waals surface area (Å²) in [5, 5.41) is 9.88. The molecule has 0 aromatic carbocycles. The summed E-state index contributed by atoms with van der Waals surface area (Å²) in [5.41, 5.74) is 10.3. The molecule has 5 N–H and O–H groups in total. The lowest BCUT2D eigenvalue weighted by molar-refractivity contribution is -0.141. The zero-order chi connectivity index (χ0) is 20.2. The van der Waals surface area contributed by atoms with Gasteiger partial charge >= 0.3 is 0 Å². The molecule has 1 atom stereocenters. The largest absolute Gasteiger partial charge is 0.369 e. The fraction of sp³-hybridized carbons (Fsp3) is 0.722. The second kappa shape index (κ2) is 12.0. The lowest BCUT2D eigenvalue weighted by Gasteiger charge is -2.13. The Morgan fingerprint density at radius 3 is 2.26 bits per heavy atom. The highest BCUT2D eigenvalue weighted by Gasteiger charge is 2.48. The van der Waals surface area contributed by atoms with Crippen molar-refractivity contribution >= 4 is 29.4 Å². The molecule has 1 saturated heterocycles. The van der Waals surface area contributed by atoms with E-state index in [2.05, 4.69) is 29.4 Å². The minimum absolute atomic E-state index is 0.227. The van der Waals surface area contributed by atoms with Gasteiger partial charge in [-0.3, -0.25) is 19.3 Å². The molecule has 3 amide bonds. The first kappa shape index (κ1) is 22.6. The molecule has 1 aliphatic heterocycles. The number of hydrogen-bond acceptors (Lipinski definition) is 5. The van der Waals surface area contributed by atoms with Gasteiger partial charge in [0.2, 0.25) is 17.8 Å². The van der Waals surface area contributed by atoms with Crippen LogP contribution in [0.1, 0.15) is 65.2 Å². The van der Waals surface area contributed by atoms with E-state index in [1.54, 1.807) is 0 Å². The highest BCUT2D eigenvalue weighted by Crippen LogP contribution is 2.19. The number of likely N-dealkylation sites (tertiary alicyclic amines) is 1. The van der Waals surface area contributed by atoms with Gasteiger partial charge in [-0.2, -0.15) is 0 Å². The number of amides is 3. The molecule has 152 valence electrons. The number of nitrogens with zero attached hydrogens (tertiary/aromatic N) is 3. The van der Waals surface area contributed by atoms with Crippen LogP contribution >= 0.6 is 0 Å². The summed E-state index contributed by atoms with van der Waals surface area (Å²) >= 11 is 0. The topological polar surface area (TPSA) is 143 Å². The van der Waals surface area contributed by atoms with Crippen LogP contribution in [-0.4, -0.2) is 47.4 Å². The van der Waals surface area contributed by atoms with Crippen molar-refractivity contribution in [2.75, 3.05) is 13.1 Å². The van der Waals surface area contributed by atoms with Crippen molar-refractivity contribution < 1.29 is 14.4 Å². The van der Waals surface area contributed by atoms with Gasteiger partial charge in [0.15, 0.2) is 11.6 Å². The van der Waals surface area contributed by atoms with Gasteiger partial charge < -0.3 is 16.8 Å². The normalized spacial score (nSPS) is 18.2. The molecule has 1 aliphatic rings. The van der Waals surface area contributed by atoms with Gasteiger partial charge in [-0.15, -0.1) is 10.2 Å². The summed E-state index contributed by atoms with van der Waals surface area (Å²) in [6.45, 7) is 4.89. The van der Waals surface area contributed by atoms with E-state index in [1.807, 2.05) is 0 Å². The van der Waals surface area contributed by atoms with Crippen LogP contribution in [0, 0.1) is 5.92 Å². The third-order valence-electron chi connectivity index (χ3n) is 4.35. The molecule has 1 heterocycles. The Morgan fingerprint density at radius 1 is 1.04 bits per heavy atom. The molecular formula is C18H32N6O3. The molecule has 0 bridgehead atoms. The molecule has 0 aromatic heterocycles. The SMILES string of the molecule is CCCCCCNC(=O)[C@@H]1C(=O)N(CCCCCC)C(=O)/C1=N/N=C(N)N. The summed E-state index contributed by atoms with van der Waals surface area (Å²) in [5.74, 6) is -3.34. The molecule has 0 aliphatic carbocycles. The summed E-state index contributed by atoms with van der Waals surface area (Å²) in [4.78, 5) is 38.8. The van der Waals surface area contributed by atoms with Crippen LogP contribution in [0.3, 0.4) is 0 Å². The lowest BCUT2D eigenvalue weighted by atomic mass is 10.1. The number of rotatable bonds is 12. The van der Waals surface area contributed by atoms with E-state index >= 15 is 0 Å². The van der Waals surface area contributed by atoms with E-state index in [9.17, 15) is 14.4 Å². The third kappa shape index (κ3) is 6.99. The fourth-order valence-corrected chi connectivity index (χ4v) is 2.86. The maximum Gasteiger partial charge on any atom is 0.278 e. The van der Waals surface area contributed by atoms with Gasteiger partial charge in [0.1, 0.15) is 0 Å². The summed E-state index contributed by atoms with van der Waals surface area (Å²) < 4.78 is 0. The standard InChI is InChI=1S/C18H32N6O3/c1-3-5-7-9-11-21-15(25)13-14(22-23-18(19)20)17(27)24(16(13)26)12-10-8-6-4-2/h13H,3-12H2,1-2H3,(H,21,25)(H4,19,20,23)/b22-14+/t13-/m1/s1. The quantitative estimate of drug-likeness (QED) is 0.115. The summed E-state index contributed by atoms with van der Waals surface area (Å²) in [7, 11) is 0. The predicted octanol–water partition coefficient (Wildman–Crippen LogP) is 0.878. The molecule has 0 aromatic rings. The Morgan fingerprint density at radius 2 is 1.67 bits per heavy atom. The minimum atomic E-state index is -1.29. The zero-order valence-electron chi connectivity index (χ0n) is 16.4. The molecular weight excluding hydrogens is 348 g/mol. The average Bonchev–Trinajstić information content (AvgIpc) is 2.86. The van der Waals surface area contributed by atoms with Gasteiger partial charge in [0.25, 0.3) is 5.91 Å². The van der Waals surface area contributed by atoms with Crippen LogP contribution in [0.2, 0.25) is 0 Å². The smallest absolute Gasteiger partial charge is 0.278 e. The van der Waals surface area contributed by atoms with E-state index in [0.717, 1.165) is 49.8 Å². The van der Waals surface area contributed by atoms with Gasteiger partial charge in [-0.05, 0) is 12.8 Å². The number of carbonyl (C=O) groups excluding carboxylic acids is 3. The van der Waals surface area contributed by atoms with Crippen LogP contribution < -0.4 is 16.8 Å². The fourth-order valence-electron chi connectivity index (χ4n) is 2.86. The average molecular weight is 380 g/mol. The van der Waals surface area contributed by atoms with E-state index in [0.29, 0.717) is 13.0 Å². The van der Waals surface area contributed by atoms with E-state index < -0.39 is 23.6 Å². The Hall–Kier alpha value is -2.45. The van der Waals surface area contributed by atoms with Crippen molar-refractivity contribution in [3.05, 3.63) is 0 Å². The van der Waals surface area contributed by atoms with Crippen LogP contribution in [-0.2, 0) is 14.4 Å². The molecule has 27 heavy (non-hydrogen) atoms. The molecule has 1 rings (SSSR count). The van der Waals surface area contributed by atoms with E-state index in [4.69, 9.17) is 11.5 Å². The highest BCUT2D eigenvalue weighted by molar-refractivity contribution is 6.54. The number of nitrogens with two attached hydrogens (primary N) is 2. The Kier molecular flexibility index (Phi) is 10.1. The first-order valence-electron chi connectivity index (χ1n) is 9.73. The van der Waals surface area contributed by atoms with Crippen molar-refractivity contribution in [3.8, 4) is 0 Å². The Bertz CT molecular complexity index is 584. The molecule has 9 nitrogen and oxygen atoms in total. The number of guanidine groups is 1. The van der Waals surface area contributed by atoms with E-state index in [1.165, 1.54) is 0 Å². The number of carbonyl (C=O) groups is 3. The highest BCUT2D eigenvalue weighted by atomic mass is 16.2. The molecule has 1 fully saturated rings. The Balaban J connectivity index is 2.84. The molecule has 0 spiro atoms. The number of hydrogen-bond donors (Lipinski definition) is 3. The minimum Gasteiger partial charge on any atom is -0.369 e. The zero-order valence-corrected chi connectivity index (χ0v) is 16.4. The predicted molar refractivity (Wildman–Crippen MR) is 105 cm³/mol. The second-order valence-electron chi connectivity index (χ2n) is 6.65. The summed E-state index contributed by atoms with van der Waals surface area (Å²) in [6, 6.07) is 0. The molecule has 0 unspecified atom stereocenters. The second-order valence-corrected chi connectivity index (χ2v) is 6.65. The summed E-state index contributed by atoms with van der Waals surface area (Å²) in [6.07, 6.45) is 7.64. The van der Waals surface area contributed by atoms with Crippen molar-refractivity contribution in [1.82, 2.24) is 10.2 Å². The lowest BCUT2D eigenvalue weighted by Crippen LogP contribution is -2.39. The first-order chi connectivity index (χ1) is 12.9. The first-order valence-corrected chi connectivity index (χ1v) is 9.73. The van der Waals surface area contributed by atoms with Gasteiger partial charge in [0.05, 0.1) is 0 Å². The maximum atomic E-state index is 12.7. The van der Waals surface area contributed by atoms with Crippen molar-refractivity contribution in [1.29, 1.82) is 0 Å². The molecule has 0 radical (unpaired) electrons. The van der Waals surface area contributed by atoms with Crippen LogP contribution in [0.5, 0.6) is 0 Å². The van der Waals surface area contributed by atoms with Crippen LogP contribution in [0.4, 0.5) is 0 Å². The van der Waals surface area contributed by atoms with Crippen molar-refractivity contribution in [2.45, 2.75) is 65.2 Å². The van der Waals surface area contributed by atoms with Gasteiger partial charge in [-0.1, -0.05) is 52.4 Å². The Labute approximate surface area is 160 Å². The van der Waals surface area contributed by atoms with E-state index in [-0.39, 0.29) is 18.2 Å². The van der Waals surface area contributed by atoms with Gasteiger partial charge in [0, 0.05) is 13.1 Å². The number of unbranched alkanes of at least 4 members (excludes halogenated alkanes) is 6. The van der Waals surface area contributed by atoms with Crippen molar-refractivity contribution in [2.24, 2.45) is 27.6 Å². The molecule has 9 heteroatoms.